The molecule has 2 N–H and O–H groups in total. The van der Waals surface area contributed by atoms with Crippen LogP contribution in [0.25, 0.3) is 0 Å². The molecule has 182 valence electrons. The number of amides is 2. The first-order valence-electron chi connectivity index (χ1n) is 11.6. The molecule has 2 amide bonds. The number of carbonyl (C=O) groups excluding carboxylic acids is 2. The molecule has 0 saturated carbocycles. The SMILES string of the molecule is Cc1cccc(C)c1NC(=O)C(Sc1ccc(NC(=O)Cc2ccc(Cl)cc2)cc1)c1ccccc1. The van der Waals surface area contributed by atoms with Crippen molar-refractivity contribution in [3.8, 4) is 0 Å². The molecule has 0 aliphatic carbocycles. The normalized spacial score (nSPS) is 11.5. The Balaban J connectivity index is 1.46. The van der Waals surface area contributed by atoms with E-state index in [1.165, 1.54) is 11.8 Å². The maximum Gasteiger partial charge on any atom is 0.242 e. The fraction of sp³-hybridized carbons (Fsp3) is 0.133. The summed E-state index contributed by atoms with van der Waals surface area (Å²) in [6.07, 6.45) is 0.266. The molecule has 4 aromatic carbocycles. The van der Waals surface area contributed by atoms with E-state index in [9.17, 15) is 9.59 Å². The summed E-state index contributed by atoms with van der Waals surface area (Å²) in [5, 5.41) is 6.27. The van der Waals surface area contributed by atoms with E-state index in [4.69, 9.17) is 11.6 Å². The zero-order valence-corrected chi connectivity index (χ0v) is 21.7. The molecule has 36 heavy (non-hydrogen) atoms. The van der Waals surface area contributed by atoms with Crippen LogP contribution in [0.1, 0.15) is 27.5 Å². The molecular formula is C30H27ClN2O2S. The second kappa shape index (κ2) is 11.9. The lowest BCUT2D eigenvalue weighted by atomic mass is 10.1. The molecule has 1 atom stereocenters. The molecule has 0 aliphatic rings. The molecule has 6 heteroatoms. The van der Waals surface area contributed by atoms with Crippen molar-refractivity contribution in [2.75, 3.05) is 10.6 Å². The summed E-state index contributed by atoms with van der Waals surface area (Å²) < 4.78 is 0. The lowest BCUT2D eigenvalue weighted by Crippen LogP contribution is -2.20. The highest BCUT2D eigenvalue weighted by atomic mass is 35.5. The van der Waals surface area contributed by atoms with Gasteiger partial charge in [-0.2, -0.15) is 0 Å². The van der Waals surface area contributed by atoms with Gasteiger partial charge in [0.2, 0.25) is 11.8 Å². The topological polar surface area (TPSA) is 58.2 Å². The van der Waals surface area contributed by atoms with E-state index < -0.39 is 5.25 Å². The molecule has 4 rings (SSSR count). The first kappa shape index (κ1) is 25.5. The second-order valence-corrected chi connectivity index (χ2v) is 10.2. The Labute approximate surface area is 221 Å². The van der Waals surface area contributed by atoms with Crippen LogP contribution in [0.15, 0.2) is 102 Å². The van der Waals surface area contributed by atoms with Crippen molar-refractivity contribution in [2.45, 2.75) is 30.4 Å². The zero-order chi connectivity index (χ0) is 25.5. The maximum atomic E-state index is 13.4. The van der Waals surface area contributed by atoms with Gasteiger partial charge in [-0.05, 0) is 72.5 Å². The van der Waals surface area contributed by atoms with Crippen LogP contribution in [0.4, 0.5) is 11.4 Å². The fourth-order valence-electron chi connectivity index (χ4n) is 3.85. The summed E-state index contributed by atoms with van der Waals surface area (Å²) >= 11 is 7.39. The maximum absolute atomic E-state index is 13.4. The van der Waals surface area contributed by atoms with Crippen LogP contribution in [-0.4, -0.2) is 11.8 Å². The van der Waals surface area contributed by atoms with E-state index >= 15 is 0 Å². The van der Waals surface area contributed by atoms with Gasteiger partial charge >= 0.3 is 0 Å². The largest absolute Gasteiger partial charge is 0.326 e. The number of anilines is 2. The van der Waals surface area contributed by atoms with Crippen molar-refractivity contribution in [3.63, 3.8) is 0 Å². The quantitative estimate of drug-likeness (QED) is 0.238. The van der Waals surface area contributed by atoms with Gasteiger partial charge in [-0.3, -0.25) is 9.59 Å². The predicted molar refractivity (Wildman–Crippen MR) is 150 cm³/mol. The number of benzene rings is 4. The number of aryl methyl sites for hydroxylation is 2. The van der Waals surface area contributed by atoms with Gasteiger partial charge in [-0.1, -0.05) is 72.3 Å². The molecule has 0 heterocycles. The monoisotopic (exact) mass is 514 g/mol. The number of halogens is 1. The van der Waals surface area contributed by atoms with Gasteiger partial charge in [0.05, 0.1) is 6.42 Å². The fourth-order valence-corrected chi connectivity index (χ4v) is 5.00. The van der Waals surface area contributed by atoms with Gasteiger partial charge in [0.25, 0.3) is 0 Å². The third kappa shape index (κ3) is 6.78. The van der Waals surface area contributed by atoms with Crippen LogP contribution in [0.2, 0.25) is 5.02 Å². The number of hydrogen-bond acceptors (Lipinski definition) is 3. The van der Waals surface area contributed by atoms with E-state index in [2.05, 4.69) is 10.6 Å². The zero-order valence-electron chi connectivity index (χ0n) is 20.1. The predicted octanol–water partition coefficient (Wildman–Crippen LogP) is 7.61. The van der Waals surface area contributed by atoms with Crippen LogP contribution >= 0.6 is 23.4 Å². The average Bonchev–Trinajstić information content (AvgIpc) is 2.87. The van der Waals surface area contributed by atoms with Crippen molar-refractivity contribution < 1.29 is 9.59 Å². The Morgan fingerprint density at radius 1 is 0.778 bits per heavy atom. The number of hydrogen-bond donors (Lipinski definition) is 2. The highest BCUT2D eigenvalue weighted by molar-refractivity contribution is 8.00. The summed E-state index contributed by atoms with van der Waals surface area (Å²) in [4.78, 5) is 26.8. The van der Waals surface area contributed by atoms with Gasteiger partial charge in [0.1, 0.15) is 5.25 Å². The highest BCUT2D eigenvalue weighted by Gasteiger charge is 2.23. The van der Waals surface area contributed by atoms with Gasteiger partial charge < -0.3 is 10.6 Å². The van der Waals surface area contributed by atoms with Crippen molar-refractivity contribution in [3.05, 3.63) is 124 Å². The smallest absolute Gasteiger partial charge is 0.242 e. The third-order valence-corrected chi connectivity index (χ3v) is 7.26. The van der Waals surface area contributed by atoms with E-state index in [1.54, 1.807) is 12.1 Å². The Morgan fingerprint density at radius 3 is 2.06 bits per heavy atom. The highest BCUT2D eigenvalue weighted by Crippen LogP contribution is 2.37. The molecule has 0 saturated heterocycles. The molecule has 4 nitrogen and oxygen atoms in total. The lowest BCUT2D eigenvalue weighted by Gasteiger charge is -2.19. The molecule has 0 fully saturated rings. The number of rotatable bonds is 8. The van der Waals surface area contributed by atoms with Gasteiger partial charge in [-0.15, -0.1) is 11.8 Å². The Morgan fingerprint density at radius 2 is 1.42 bits per heavy atom. The number of para-hydroxylation sites is 1. The molecule has 0 radical (unpaired) electrons. The summed E-state index contributed by atoms with van der Waals surface area (Å²) in [5.74, 6) is -0.184. The molecule has 0 spiro atoms. The third-order valence-electron chi connectivity index (χ3n) is 5.74. The number of thioether (sulfide) groups is 1. The standard InChI is InChI=1S/C30H27ClN2O2S/c1-20-7-6-8-21(2)28(20)33-30(35)29(23-9-4-3-5-10-23)36-26-17-15-25(16-18-26)32-27(34)19-22-11-13-24(31)14-12-22/h3-18,29H,19H2,1-2H3,(H,32,34)(H,33,35). The molecule has 1 unspecified atom stereocenters. The molecular weight excluding hydrogens is 488 g/mol. The van der Waals surface area contributed by atoms with E-state index in [1.807, 2.05) is 98.8 Å². The van der Waals surface area contributed by atoms with Crippen molar-refractivity contribution in [1.82, 2.24) is 0 Å². The molecule has 0 aliphatic heterocycles. The first-order valence-corrected chi connectivity index (χ1v) is 12.9. The summed E-state index contributed by atoms with van der Waals surface area (Å²) in [6, 6.07) is 30.5. The summed E-state index contributed by atoms with van der Waals surface area (Å²) in [5.41, 5.74) is 5.42. The molecule has 0 aromatic heterocycles. The van der Waals surface area contributed by atoms with E-state index in [0.29, 0.717) is 10.7 Å². The number of nitrogens with one attached hydrogen (secondary N) is 2. The van der Waals surface area contributed by atoms with Crippen LogP contribution < -0.4 is 10.6 Å². The van der Waals surface area contributed by atoms with E-state index in [0.717, 1.165) is 32.8 Å². The van der Waals surface area contributed by atoms with Crippen molar-refractivity contribution >= 4 is 46.6 Å². The van der Waals surface area contributed by atoms with Gasteiger partial charge in [0, 0.05) is 21.3 Å². The number of carbonyl (C=O) groups is 2. The van der Waals surface area contributed by atoms with Gasteiger partial charge in [0.15, 0.2) is 0 Å². The minimum atomic E-state index is -0.435. The Bertz CT molecular complexity index is 1320. The average molecular weight is 515 g/mol. The van der Waals surface area contributed by atoms with Crippen LogP contribution in [0.3, 0.4) is 0 Å². The van der Waals surface area contributed by atoms with Crippen LogP contribution in [0.5, 0.6) is 0 Å². The summed E-state index contributed by atoms with van der Waals surface area (Å²) in [6.45, 7) is 3.99. The minimum Gasteiger partial charge on any atom is -0.326 e. The molecule has 0 bridgehead atoms. The van der Waals surface area contributed by atoms with Crippen molar-refractivity contribution in [2.24, 2.45) is 0 Å². The van der Waals surface area contributed by atoms with Crippen molar-refractivity contribution in [1.29, 1.82) is 0 Å². The van der Waals surface area contributed by atoms with Crippen LogP contribution in [0, 0.1) is 13.8 Å². The Kier molecular flexibility index (Phi) is 8.47. The van der Waals surface area contributed by atoms with E-state index in [-0.39, 0.29) is 18.2 Å². The summed E-state index contributed by atoms with van der Waals surface area (Å²) in [7, 11) is 0. The van der Waals surface area contributed by atoms with Crippen LogP contribution in [-0.2, 0) is 16.0 Å². The lowest BCUT2D eigenvalue weighted by molar-refractivity contribution is -0.116. The van der Waals surface area contributed by atoms with Gasteiger partial charge in [-0.25, -0.2) is 0 Å². The first-order chi connectivity index (χ1) is 17.4. The Hall–Kier alpha value is -3.54. The second-order valence-electron chi connectivity index (χ2n) is 8.54. The molecule has 4 aromatic rings. The minimum absolute atomic E-state index is 0.0797.